The van der Waals surface area contributed by atoms with Crippen LogP contribution in [0.5, 0.6) is 0 Å². The number of Topliss-reactive ketones (excluding diaryl/α,β-unsaturated/α-hetero) is 1. The lowest BCUT2D eigenvalue weighted by Gasteiger charge is -2.67. The zero-order valence-electron chi connectivity index (χ0n) is 22.8. The summed E-state index contributed by atoms with van der Waals surface area (Å²) < 4.78 is 33.4. The topological polar surface area (TPSA) is 87.1 Å². The van der Waals surface area contributed by atoms with Gasteiger partial charge in [-0.2, -0.15) is 5.06 Å². The first-order valence-electron chi connectivity index (χ1n) is 13.5. The molecule has 37 heavy (non-hydrogen) atoms. The summed E-state index contributed by atoms with van der Waals surface area (Å²) in [5.74, 6) is -2.11. The van der Waals surface area contributed by atoms with Crippen LogP contribution in [0, 0.1) is 33.5 Å². The van der Waals surface area contributed by atoms with Crippen LogP contribution in [0.15, 0.2) is 23.8 Å². The van der Waals surface area contributed by atoms with Gasteiger partial charge < -0.3 is 10.2 Å². The highest BCUT2D eigenvalue weighted by Gasteiger charge is 2.83. The van der Waals surface area contributed by atoms with Gasteiger partial charge in [-0.3, -0.25) is 14.4 Å². The molecule has 0 aromatic rings. The fourth-order valence-corrected chi connectivity index (χ4v) is 8.99. The number of nitrogens with zero attached hydrogens (tertiary/aromatic N) is 1. The molecule has 0 spiro atoms. The zero-order chi connectivity index (χ0) is 27.4. The SMILES string of the molecule is CC(C)(C)CCN1CC2CC3(C)C4CC(F)C5=CC(=O)C=CC5(C)C4(F)C(O)CC3(C)C2(C(=O)CO)O1. The molecule has 5 rings (SSSR count). The van der Waals surface area contributed by atoms with Gasteiger partial charge in [0.05, 0.1) is 6.10 Å². The molecule has 206 valence electrons. The Labute approximate surface area is 218 Å². The molecule has 5 aliphatic rings. The van der Waals surface area contributed by atoms with E-state index in [1.165, 1.54) is 18.2 Å². The van der Waals surface area contributed by atoms with E-state index in [9.17, 15) is 19.8 Å². The van der Waals surface area contributed by atoms with Gasteiger partial charge in [0, 0.05) is 35.8 Å². The number of carbonyl (C=O) groups excluding carboxylic acids is 2. The van der Waals surface area contributed by atoms with Crippen molar-refractivity contribution in [3.63, 3.8) is 0 Å². The van der Waals surface area contributed by atoms with E-state index in [2.05, 4.69) is 20.8 Å². The minimum absolute atomic E-state index is 0.0519. The van der Waals surface area contributed by atoms with E-state index in [4.69, 9.17) is 4.84 Å². The molecule has 9 atom stereocenters. The van der Waals surface area contributed by atoms with Crippen LogP contribution in [0.2, 0.25) is 0 Å². The van der Waals surface area contributed by atoms with Gasteiger partial charge in [0.1, 0.15) is 12.8 Å². The molecule has 4 fully saturated rings. The lowest BCUT2D eigenvalue weighted by molar-refractivity contribution is -0.287. The maximum absolute atomic E-state index is 17.6. The minimum Gasteiger partial charge on any atom is -0.390 e. The predicted octanol–water partition coefficient (Wildman–Crippen LogP) is 3.91. The van der Waals surface area contributed by atoms with Crippen molar-refractivity contribution in [2.45, 2.75) is 90.8 Å². The van der Waals surface area contributed by atoms with E-state index in [-0.39, 0.29) is 35.5 Å². The molecule has 4 aliphatic carbocycles. The number of alkyl halides is 2. The van der Waals surface area contributed by atoms with E-state index in [1.807, 2.05) is 13.8 Å². The van der Waals surface area contributed by atoms with E-state index in [0.717, 1.165) is 6.42 Å². The summed E-state index contributed by atoms with van der Waals surface area (Å²) in [6.45, 7) is 12.1. The van der Waals surface area contributed by atoms with Crippen molar-refractivity contribution < 1.29 is 33.4 Å². The highest BCUT2D eigenvalue weighted by Crippen LogP contribution is 2.77. The number of fused-ring (bicyclic) bond motifs is 7. The summed E-state index contributed by atoms with van der Waals surface area (Å²) in [7, 11) is 0. The average Bonchev–Trinajstić information content (AvgIpc) is 3.26. The maximum Gasteiger partial charge on any atom is 0.192 e. The Kier molecular flexibility index (Phi) is 5.88. The normalized spacial score (nSPS) is 49.2. The van der Waals surface area contributed by atoms with Crippen LogP contribution in [0.4, 0.5) is 8.78 Å². The number of aliphatic hydroxyl groups is 2. The molecular formula is C29H41F2NO5. The van der Waals surface area contributed by atoms with Crippen LogP contribution in [-0.2, 0) is 14.4 Å². The van der Waals surface area contributed by atoms with Crippen molar-refractivity contribution in [3.8, 4) is 0 Å². The lowest BCUT2D eigenvalue weighted by atomic mass is 9.39. The van der Waals surface area contributed by atoms with Crippen molar-refractivity contribution in [2.24, 2.45) is 33.5 Å². The van der Waals surface area contributed by atoms with Crippen molar-refractivity contribution in [1.29, 1.82) is 0 Å². The molecule has 3 saturated carbocycles. The molecule has 1 saturated heterocycles. The Morgan fingerprint density at radius 2 is 1.92 bits per heavy atom. The number of carbonyl (C=O) groups is 2. The molecule has 6 nitrogen and oxygen atoms in total. The van der Waals surface area contributed by atoms with Gasteiger partial charge in [-0.1, -0.05) is 40.7 Å². The van der Waals surface area contributed by atoms with Crippen LogP contribution in [-0.4, -0.2) is 70.1 Å². The molecule has 8 heteroatoms. The van der Waals surface area contributed by atoms with Crippen molar-refractivity contribution in [1.82, 2.24) is 5.06 Å². The standard InChI is InChI=1S/C29H41F2NO5/c1-24(2,3)9-10-32-15-17-13-26(5)21-12-20(30)19-11-18(34)7-8-25(19,4)28(21,31)22(35)14-27(26,6)29(17,37-32)23(36)16-33/h7-8,11,17,20-22,33,35H,9-10,12-16H2,1-6H3. The largest absolute Gasteiger partial charge is 0.390 e. The molecule has 9 unspecified atom stereocenters. The van der Waals surface area contributed by atoms with Gasteiger partial charge in [0.25, 0.3) is 0 Å². The van der Waals surface area contributed by atoms with E-state index in [0.29, 0.717) is 19.5 Å². The highest BCUT2D eigenvalue weighted by molar-refractivity contribution is 6.01. The first-order valence-corrected chi connectivity index (χ1v) is 13.5. The first kappa shape index (κ1) is 27.1. The van der Waals surface area contributed by atoms with Gasteiger partial charge in [0.2, 0.25) is 0 Å². The smallest absolute Gasteiger partial charge is 0.192 e. The van der Waals surface area contributed by atoms with Crippen LogP contribution in [0.25, 0.3) is 0 Å². The third-order valence-electron chi connectivity index (χ3n) is 11.1. The van der Waals surface area contributed by atoms with Crippen LogP contribution < -0.4 is 0 Å². The molecule has 1 heterocycles. The number of hydrogen-bond donors (Lipinski definition) is 2. The number of aliphatic hydroxyl groups excluding tert-OH is 2. The molecule has 0 aromatic carbocycles. The van der Waals surface area contributed by atoms with Crippen LogP contribution >= 0.6 is 0 Å². The van der Waals surface area contributed by atoms with Gasteiger partial charge in [-0.05, 0) is 61.2 Å². The number of allylic oxidation sites excluding steroid dienone is 4. The Morgan fingerprint density at radius 1 is 1.24 bits per heavy atom. The number of hydroxylamine groups is 2. The van der Waals surface area contributed by atoms with E-state index < -0.39 is 58.1 Å². The number of rotatable bonds is 4. The van der Waals surface area contributed by atoms with Crippen molar-refractivity contribution in [2.75, 3.05) is 19.7 Å². The highest BCUT2D eigenvalue weighted by atomic mass is 19.1. The first-order chi connectivity index (χ1) is 17.0. The van der Waals surface area contributed by atoms with Gasteiger partial charge in [-0.15, -0.1) is 0 Å². The number of hydrogen-bond acceptors (Lipinski definition) is 6. The van der Waals surface area contributed by atoms with E-state index in [1.54, 1.807) is 12.0 Å². The van der Waals surface area contributed by atoms with E-state index >= 15 is 8.78 Å². The zero-order valence-corrected chi connectivity index (χ0v) is 22.8. The summed E-state index contributed by atoms with van der Waals surface area (Å²) >= 11 is 0. The Hall–Kier alpha value is -1.48. The molecule has 2 N–H and O–H groups in total. The van der Waals surface area contributed by atoms with Gasteiger partial charge in [-0.25, -0.2) is 8.78 Å². The van der Waals surface area contributed by atoms with Crippen molar-refractivity contribution >= 4 is 11.6 Å². The number of halogens is 2. The van der Waals surface area contributed by atoms with Crippen LogP contribution in [0.1, 0.15) is 67.2 Å². The monoisotopic (exact) mass is 521 g/mol. The predicted molar refractivity (Wildman–Crippen MR) is 134 cm³/mol. The Morgan fingerprint density at radius 3 is 2.54 bits per heavy atom. The summed E-state index contributed by atoms with van der Waals surface area (Å²) in [5, 5.41) is 23.5. The molecule has 1 aliphatic heterocycles. The summed E-state index contributed by atoms with van der Waals surface area (Å²) in [5.41, 5.74) is -6.98. The van der Waals surface area contributed by atoms with Crippen LogP contribution in [0.3, 0.4) is 0 Å². The molecule has 0 radical (unpaired) electrons. The van der Waals surface area contributed by atoms with Crippen molar-refractivity contribution in [3.05, 3.63) is 23.8 Å². The average molecular weight is 522 g/mol. The maximum atomic E-state index is 17.6. The van der Waals surface area contributed by atoms with Gasteiger partial charge >= 0.3 is 0 Å². The summed E-state index contributed by atoms with van der Waals surface area (Å²) in [6.07, 6.45) is 1.78. The molecule has 0 amide bonds. The lowest BCUT2D eigenvalue weighted by Crippen LogP contribution is -2.73. The minimum atomic E-state index is -2.24. The molecule has 0 aromatic heterocycles. The summed E-state index contributed by atoms with van der Waals surface area (Å²) in [6, 6.07) is 0. The third kappa shape index (κ3) is 3.22. The quantitative estimate of drug-likeness (QED) is 0.584. The fourth-order valence-electron chi connectivity index (χ4n) is 8.99. The Bertz CT molecular complexity index is 1080. The number of ketones is 2. The second-order valence-corrected chi connectivity index (χ2v) is 14.0. The second-order valence-electron chi connectivity index (χ2n) is 14.0. The molecular weight excluding hydrogens is 480 g/mol. The Balaban J connectivity index is 1.60. The molecule has 0 bridgehead atoms. The van der Waals surface area contributed by atoms with Gasteiger partial charge in [0.15, 0.2) is 22.8 Å². The second kappa shape index (κ2) is 8.03. The fraction of sp³-hybridized carbons (Fsp3) is 0.793. The third-order valence-corrected chi connectivity index (χ3v) is 11.1. The summed E-state index contributed by atoms with van der Waals surface area (Å²) in [4.78, 5) is 32.2.